The maximum absolute atomic E-state index is 13.9. The third-order valence-electron chi connectivity index (χ3n) is 4.20. The van der Waals surface area contributed by atoms with Crippen LogP contribution in [0.1, 0.15) is 33.8 Å². The highest BCUT2D eigenvalue weighted by Gasteiger charge is 2.19. The number of carboxylic acids is 1. The molecule has 1 fully saturated rings. The zero-order valence-corrected chi connectivity index (χ0v) is 13.5. The predicted molar refractivity (Wildman–Crippen MR) is 90.3 cm³/mol. The molecule has 0 spiro atoms. The van der Waals surface area contributed by atoms with Gasteiger partial charge in [-0.2, -0.15) is 0 Å². The number of nitrogens with one attached hydrogen (secondary N) is 1. The van der Waals surface area contributed by atoms with Gasteiger partial charge in [0, 0.05) is 23.8 Å². The Labute approximate surface area is 144 Å². The molecule has 0 aromatic heterocycles. The Morgan fingerprint density at radius 2 is 2.08 bits per heavy atom. The average Bonchev–Trinajstić information content (AvgIpc) is 3.12. The van der Waals surface area contributed by atoms with Gasteiger partial charge in [0.2, 0.25) is 0 Å². The van der Waals surface area contributed by atoms with Crippen LogP contribution in [0.2, 0.25) is 0 Å². The molecule has 1 aliphatic rings. The zero-order valence-electron chi connectivity index (χ0n) is 13.5. The molecule has 0 radical (unpaired) electrons. The molecular weight excluding hydrogens is 325 g/mol. The maximum Gasteiger partial charge on any atom is 0.307 e. The van der Waals surface area contributed by atoms with Crippen molar-refractivity contribution in [3.63, 3.8) is 0 Å². The van der Waals surface area contributed by atoms with Gasteiger partial charge in [0.25, 0.3) is 5.91 Å². The standard InChI is InChI=1S/C19H18FNO4/c20-17-10-16(5-4-13(17)9-18(22)23)21-19(24)14-3-1-2-12(8-14)15-6-7-25-11-15/h1-5,8,10,15H,6-7,9,11H2,(H,21,24)(H,22,23)/t15-/m1/s1. The summed E-state index contributed by atoms with van der Waals surface area (Å²) in [5.74, 6) is -1.81. The van der Waals surface area contributed by atoms with E-state index in [1.54, 1.807) is 6.07 Å². The van der Waals surface area contributed by atoms with Gasteiger partial charge in [-0.15, -0.1) is 0 Å². The number of amides is 1. The smallest absolute Gasteiger partial charge is 0.307 e. The van der Waals surface area contributed by atoms with Crippen molar-refractivity contribution >= 4 is 17.6 Å². The van der Waals surface area contributed by atoms with Crippen LogP contribution in [0.3, 0.4) is 0 Å². The van der Waals surface area contributed by atoms with Gasteiger partial charge in [0.05, 0.1) is 13.0 Å². The Bertz CT molecular complexity index is 800. The molecule has 0 unspecified atom stereocenters. The van der Waals surface area contributed by atoms with Crippen LogP contribution in [0.5, 0.6) is 0 Å². The van der Waals surface area contributed by atoms with Crippen molar-refractivity contribution in [1.29, 1.82) is 0 Å². The topological polar surface area (TPSA) is 75.6 Å². The largest absolute Gasteiger partial charge is 0.481 e. The van der Waals surface area contributed by atoms with Crippen LogP contribution in [0.4, 0.5) is 10.1 Å². The van der Waals surface area contributed by atoms with Crippen molar-refractivity contribution in [2.75, 3.05) is 18.5 Å². The average molecular weight is 343 g/mol. The van der Waals surface area contributed by atoms with Crippen molar-refractivity contribution < 1.29 is 23.8 Å². The Morgan fingerprint density at radius 3 is 2.76 bits per heavy atom. The Morgan fingerprint density at radius 1 is 1.24 bits per heavy atom. The summed E-state index contributed by atoms with van der Waals surface area (Å²) in [6, 6.07) is 11.3. The molecule has 5 nitrogen and oxygen atoms in total. The van der Waals surface area contributed by atoms with E-state index in [1.807, 2.05) is 18.2 Å². The molecule has 2 aromatic rings. The van der Waals surface area contributed by atoms with Gasteiger partial charge >= 0.3 is 5.97 Å². The van der Waals surface area contributed by atoms with Crippen molar-refractivity contribution in [2.45, 2.75) is 18.8 Å². The highest BCUT2D eigenvalue weighted by Crippen LogP contribution is 2.26. The number of carbonyl (C=O) groups is 2. The van der Waals surface area contributed by atoms with E-state index in [9.17, 15) is 14.0 Å². The summed E-state index contributed by atoms with van der Waals surface area (Å²) in [5, 5.41) is 11.4. The van der Waals surface area contributed by atoms with E-state index in [0.29, 0.717) is 18.1 Å². The molecule has 3 rings (SSSR count). The monoisotopic (exact) mass is 343 g/mol. The molecule has 2 N–H and O–H groups in total. The van der Waals surface area contributed by atoms with E-state index in [-0.39, 0.29) is 17.2 Å². The number of anilines is 1. The highest BCUT2D eigenvalue weighted by molar-refractivity contribution is 6.04. The maximum atomic E-state index is 13.9. The number of halogens is 1. The lowest BCUT2D eigenvalue weighted by Crippen LogP contribution is -2.13. The van der Waals surface area contributed by atoms with E-state index in [0.717, 1.165) is 24.7 Å². The van der Waals surface area contributed by atoms with Gasteiger partial charge < -0.3 is 15.2 Å². The summed E-state index contributed by atoms with van der Waals surface area (Å²) in [6.45, 7) is 1.38. The summed E-state index contributed by atoms with van der Waals surface area (Å²) in [6.07, 6.45) is 0.535. The SMILES string of the molecule is O=C(O)Cc1ccc(NC(=O)c2cccc([C@@H]3CCOC3)c2)cc1F. The molecular formula is C19H18FNO4. The van der Waals surface area contributed by atoms with Crippen LogP contribution in [0.25, 0.3) is 0 Å². The molecule has 25 heavy (non-hydrogen) atoms. The number of rotatable bonds is 5. The first-order valence-corrected chi connectivity index (χ1v) is 8.02. The van der Waals surface area contributed by atoms with E-state index in [4.69, 9.17) is 9.84 Å². The van der Waals surface area contributed by atoms with E-state index < -0.39 is 18.2 Å². The van der Waals surface area contributed by atoms with Crippen LogP contribution in [-0.2, 0) is 16.0 Å². The molecule has 6 heteroatoms. The number of aliphatic carboxylic acids is 1. The Kier molecular flexibility index (Phi) is 5.09. The Balaban J connectivity index is 1.72. The van der Waals surface area contributed by atoms with Crippen LogP contribution in [-0.4, -0.2) is 30.2 Å². The number of ether oxygens (including phenoxy) is 1. The summed E-state index contributed by atoms with van der Waals surface area (Å²) in [7, 11) is 0. The molecule has 1 saturated heterocycles. The van der Waals surface area contributed by atoms with Gasteiger partial charge in [-0.25, -0.2) is 4.39 Å². The summed E-state index contributed by atoms with van der Waals surface area (Å²) >= 11 is 0. The van der Waals surface area contributed by atoms with Crippen LogP contribution in [0, 0.1) is 5.82 Å². The van der Waals surface area contributed by atoms with Crippen molar-refractivity contribution in [3.05, 3.63) is 65.0 Å². The number of carbonyl (C=O) groups excluding carboxylic acids is 1. The Hall–Kier alpha value is -2.73. The first kappa shape index (κ1) is 17.1. The predicted octanol–water partition coefficient (Wildman–Crippen LogP) is 3.21. The minimum absolute atomic E-state index is 0.0775. The second-order valence-corrected chi connectivity index (χ2v) is 6.02. The molecule has 1 amide bonds. The lowest BCUT2D eigenvalue weighted by molar-refractivity contribution is -0.136. The third kappa shape index (κ3) is 4.22. The van der Waals surface area contributed by atoms with Gasteiger partial charge in [-0.05, 0) is 41.8 Å². The highest BCUT2D eigenvalue weighted by atomic mass is 19.1. The molecule has 0 saturated carbocycles. The van der Waals surface area contributed by atoms with Gasteiger partial charge in [-0.3, -0.25) is 9.59 Å². The first-order chi connectivity index (χ1) is 12.0. The van der Waals surface area contributed by atoms with Crippen molar-refractivity contribution in [1.82, 2.24) is 0 Å². The third-order valence-corrected chi connectivity index (χ3v) is 4.20. The normalized spacial score (nSPS) is 16.6. The van der Waals surface area contributed by atoms with E-state index in [2.05, 4.69) is 5.32 Å². The summed E-state index contributed by atoms with van der Waals surface area (Å²) in [4.78, 5) is 23.1. The second-order valence-electron chi connectivity index (χ2n) is 6.02. The molecule has 1 heterocycles. The number of benzene rings is 2. The number of carboxylic acid groups (broad SMARTS) is 1. The lowest BCUT2D eigenvalue weighted by atomic mass is 9.96. The molecule has 1 atom stereocenters. The van der Waals surface area contributed by atoms with E-state index >= 15 is 0 Å². The van der Waals surface area contributed by atoms with Crippen LogP contribution < -0.4 is 5.32 Å². The number of hydrogen-bond acceptors (Lipinski definition) is 3. The lowest BCUT2D eigenvalue weighted by Gasteiger charge is -2.11. The fourth-order valence-electron chi connectivity index (χ4n) is 2.87. The molecule has 1 aliphatic heterocycles. The fraction of sp³-hybridized carbons (Fsp3) is 0.263. The van der Waals surface area contributed by atoms with Crippen molar-refractivity contribution in [2.24, 2.45) is 0 Å². The summed E-state index contributed by atoms with van der Waals surface area (Å²) < 4.78 is 19.3. The molecule has 130 valence electrons. The zero-order chi connectivity index (χ0) is 17.8. The fourth-order valence-corrected chi connectivity index (χ4v) is 2.87. The quantitative estimate of drug-likeness (QED) is 0.874. The van der Waals surface area contributed by atoms with Gasteiger partial charge in [0.1, 0.15) is 5.82 Å². The van der Waals surface area contributed by atoms with Gasteiger partial charge in [0.15, 0.2) is 0 Å². The second kappa shape index (κ2) is 7.44. The van der Waals surface area contributed by atoms with Crippen molar-refractivity contribution in [3.8, 4) is 0 Å². The minimum atomic E-state index is -1.11. The molecule has 2 aromatic carbocycles. The first-order valence-electron chi connectivity index (χ1n) is 8.02. The van der Waals surface area contributed by atoms with Crippen LogP contribution in [0.15, 0.2) is 42.5 Å². The summed E-state index contributed by atoms with van der Waals surface area (Å²) in [5.41, 5.74) is 1.90. The number of hydrogen-bond donors (Lipinski definition) is 2. The van der Waals surface area contributed by atoms with Gasteiger partial charge in [-0.1, -0.05) is 18.2 Å². The molecule has 0 bridgehead atoms. The van der Waals surface area contributed by atoms with E-state index in [1.165, 1.54) is 12.1 Å². The van der Waals surface area contributed by atoms with Crippen LogP contribution >= 0.6 is 0 Å². The minimum Gasteiger partial charge on any atom is -0.481 e. The molecule has 0 aliphatic carbocycles.